The van der Waals surface area contributed by atoms with Gasteiger partial charge in [0.05, 0.1) is 1.37 Å². The van der Waals surface area contributed by atoms with Gasteiger partial charge in [-0.25, -0.2) is 0 Å². The van der Waals surface area contributed by atoms with Gasteiger partial charge in [-0.3, -0.25) is 24.5 Å². The Labute approximate surface area is 198 Å². The number of carbonyl (C=O) groups is 4. The van der Waals surface area contributed by atoms with E-state index < -0.39 is 78.4 Å². The number of benzene rings is 2. The van der Waals surface area contributed by atoms with Crippen LogP contribution in [0.15, 0.2) is 42.5 Å². The average molecular weight is 469 g/mol. The van der Waals surface area contributed by atoms with Crippen LogP contribution in [0.3, 0.4) is 0 Å². The monoisotopic (exact) mass is 468 g/mol. The number of ketones is 1. The highest BCUT2D eigenvalue weighted by atomic mass is 35.5. The summed E-state index contributed by atoms with van der Waals surface area (Å²) in [4.78, 5) is 50.8. The number of nitrogens with zero attached hydrogens (tertiary/aromatic N) is 1. The highest BCUT2D eigenvalue weighted by molar-refractivity contribution is 6.30. The first-order valence-electron chi connectivity index (χ1n) is 13.2. The number of carbonyl (C=O) groups excluding carboxylic acids is 4. The number of halogens is 3. The van der Waals surface area contributed by atoms with Crippen LogP contribution >= 0.6 is 11.6 Å². The van der Waals surface area contributed by atoms with Crippen LogP contribution in [0.2, 0.25) is 6.43 Å². The van der Waals surface area contributed by atoms with Gasteiger partial charge in [-0.2, -0.15) is 8.78 Å². The summed E-state index contributed by atoms with van der Waals surface area (Å²) in [6.07, 6.45) is -11.1. The number of amides is 3. The van der Waals surface area contributed by atoms with Gasteiger partial charge >= 0.3 is 5.92 Å². The van der Waals surface area contributed by atoms with Crippen LogP contribution in [0.4, 0.5) is 8.78 Å². The van der Waals surface area contributed by atoms with E-state index in [0.29, 0.717) is 4.90 Å². The second-order valence-electron chi connectivity index (χ2n) is 6.94. The molecule has 9 heteroatoms. The van der Waals surface area contributed by atoms with Crippen LogP contribution in [-0.2, 0) is 33.2 Å². The third-order valence-corrected chi connectivity index (χ3v) is 5.13. The first-order chi connectivity index (χ1) is 18.2. The Hall–Kier alpha value is -3.13. The molecule has 0 radical (unpaired) electrons. The van der Waals surface area contributed by atoms with Gasteiger partial charge < -0.3 is 4.90 Å². The molecule has 1 saturated heterocycles. The Morgan fingerprint density at radius 1 is 1.28 bits per heavy atom. The third-order valence-electron chi connectivity index (χ3n) is 4.88. The molecule has 1 N–H and O–H groups in total. The molecule has 2 aliphatic heterocycles. The molecule has 0 aromatic heterocycles. The molecule has 166 valence electrons. The second-order valence-corrected chi connectivity index (χ2v) is 7.38. The van der Waals surface area contributed by atoms with Crippen LogP contribution in [0.25, 0.3) is 0 Å². The van der Waals surface area contributed by atoms with Gasteiger partial charge in [0.25, 0.3) is 5.91 Å². The summed E-state index contributed by atoms with van der Waals surface area (Å²) in [5.41, 5.74) is -1.32. The largest absolute Gasteiger partial charge is 0.330 e. The fraction of sp³-hybridized carbons (Fsp3) is 0.304. The topological polar surface area (TPSA) is 83.6 Å². The molecule has 2 aromatic rings. The normalized spacial score (nSPS) is 28.4. The lowest BCUT2D eigenvalue weighted by atomic mass is 9.97. The summed E-state index contributed by atoms with van der Waals surface area (Å²) >= 11 is 5.69. The van der Waals surface area contributed by atoms with Crippen LogP contribution in [-0.4, -0.2) is 34.4 Å². The van der Waals surface area contributed by atoms with E-state index in [-0.39, 0.29) is 21.7 Å². The number of hydrogen-bond acceptors (Lipinski definition) is 4. The Morgan fingerprint density at radius 3 is 2.72 bits per heavy atom. The SMILES string of the molecule is [2H]N1C(=O)C([2H])([2H])C([2H])([2H])[C@@]([2H])(N2Cc3cc(C([2H])([2H])CC(=O)C(F)(F)c4ccc(Cl)cc4)ccc3C2=O)C1=O. The molecule has 0 saturated carbocycles. The van der Waals surface area contributed by atoms with Crippen molar-refractivity contribution in [2.45, 2.75) is 44.0 Å². The lowest BCUT2D eigenvalue weighted by molar-refractivity contribution is -0.144. The van der Waals surface area contributed by atoms with E-state index in [1.54, 1.807) is 0 Å². The van der Waals surface area contributed by atoms with E-state index in [4.69, 9.17) is 22.6 Å². The number of alkyl halides is 2. The predicted molar refractivity (Wildman–Crippen MR) is 111 cm³/mol. The number of imide groups is 1. The highest BCUT2D eigenvalue weighted by Crippen LogP contribution is 2.32. The van der Waals surface area contributed by atoms with Crippen LogP contribution in [0.1, 0.15) is 55.8 Å². The Morgan fingerprint density at radius 2 is 2.00 bits per heavy atom. The van der Waals surface area contributed by atoms with Gasteiger partial charge in [-0.1, -0.05) is 35.9 Å². The van der Waals surface area contributed by atoms with Crippen molar-refractivity contribution in [2.75, 3.05) is 0 Å². The Bertz CT molecular complexity index is 1460. The number of hydrogen-bond donors (Lipinski definition) is 1. The minimum Gasteiger partial charge on any atom is -0.322 e. The standard InChI is InChI=1S/C23H19ClF2N2O4/c24-16-5-3-15(4-6-16)23(25,26)19(29)9-2-13-1-7-17-14(11-13)12-28(22(17)32)18-8-10-20(30)27-21(18)31/h1,3-7,11,18H,2,8-10,12H2,(H,27,30,31)/t18-/m1/s1/i2D2,8D2,10D2,18D/hD. The molecule has 2 aromatic carbocycles. The van der Waals surface area contributed by atoms with Crippen molar-refractivity contribution in [3.63, 3.8) is 0 Å². The van der Waals surface area contributed by atoms with Crippen molar-refractivity contribution in [1.82, 2.24) is 10.2 Å². The van der Waals surface area contributed by atoms with Gasteiger partial charge in [0.1, 0.15) is 6.02 Å². The fourth-order valence-electron chi connectivity index (χ4n) is 3.25. The van der Waals surface area contributed by atoms with E-state index in [2.05, 4.69) is 0 Å². The Kier molecular flexibility index (Phi) is 3.71. The molecule has 0 bridgehead atoms. The van der Waals surface area contributed by atoms with E-state index >= 15 is 0 Å². The van der Waals surface area contributed by atoms with Gasteiger partial charge in [0.15, 0.2) is 1.41 Å². The van der Waals surface area contributed by atoms with Crippen LogP contribution in [0.5, 0.6) is 0 Å². The molecular weight excluding hydrogens is 442 g/mol. The van der Waals surface area contributed by atoms with Crippen molar-refractivity contribution in [2.24, 2.45) is 0 Å². The van der Waals surface area contributed by atoms with E-state index in [9.17, 15) is 28.0 Å². The van der Waals surface area contributed by atoms with Gasteiger partial charge in [-0.15, -0.1) is 0 Å². The molecule has 4 rings (SSSR count). The molecule has 1 fully saturated rings. The summed E-state index contributed by atoms with van der Waals surface area (Å²) in [5, 5.41) is -0.360. The molecule has 1 atom stereocenters. The number of piperidine rings is 1. The Balaban J connectivity index is 1.65. The van der Waals surface area contributed by atoms with Crippen molar-refractivity contribution in [3.8, 4) is 0 Å². The quantitative estimate of drug-likeness (QED) is 0.659. The van der Waals surface area contributed by atoms with Gasteiger partial charge in [0.2, 0.25) is 17.6 Å². The van der Waals surface area contributed by atoms with Crippen molar-refractivity contribution >= 4 is 35.1 Å². The first-order valence-corrected chi connectivity index (χ1v) is 9.59. The summed E-state index contributed by atoms with van der Waals surface area (Å²) in [6.45, 7) is -0.736. The molecule has 6 nitrogen and oxygen atoms in total. The number of nitrogens with one attached hydrogen (secondary N) is 1. The van der Waals surface area contributed by atoms with Crippen LogP contribution < -0.4 is 5.31 Å². The summed E-state index contributed by atoms with van der Waals surface area (Å²) in [5.74, 6) is -10.6. The molecule has 0 spiro atoms. The minimum atomic E-state index is -4.05. The number of fused-ring (bicyclic) bond motifs is 1. The molecule has 0 aliphatic carbocycles. The minimum absolute atomic E-state index is 0.0764. The van der Waals surface area contributed by atoms with Crippen molar-refractivity contribution < 1.29 is 39.0 Å². The van der Waals surface area contributed by atoms with Crippen molar-refractivity contribution in [3.05, 3.63) is 69.7 Å². The van der Waals surface area contributed by atoms with E-state index in [0.717, 1.165) is 42.5 Å². The molecule has 0 unspecified atom stereocenters. The third kappa shape index (κ3) is 4.14. The summed E-state index contributed by atoms with van der Waals surface area (Å²) < 4.78 is 94.2. The maximum atomic E-state index is 14.8. The summed E-state index contributed by atoms with van der Waals surface area (Å²) in [6, 6.07) is 3.86. The highest BCUT2D eigenvalue weighted by Gasteiger charge is 2.41. The second kappa shape index (κ2) is 8.43. The lowest BCUT2D eigenvalue weighted by Gasteiger charge is -2.29. The average Bonchev–Trinajstić information content (AvgIpc) is 3.22. The number of rotatable bonds is 6. The molecule has 2 heterocycles. The van der Waals surface area contributed by atoms with E-state index in [1.807, 2.05) is 0 Å². The summed E-state index contributed by atoms with van der Waals surface area (Å²) in [7, 11) is 0. The zero-order valence-electron chi connectivity index (χ0n) is 24.1. The first kappa shape index (κ1) is 14.1. The smallest absolute Gasteiger partial charge is 0.322 e. The molecule has 3 amide bonds. The maximum absolute atomic E-state index is 14.8. The van der Waals surface area contributed by atoms with E-state index in [1.165, 1.54) is 0 Å². The lowest BCUT2D eigenvalue weighted by Crippen LogP contribution is -2.52. The molecular formula is C23H19ClF2N2O4. The fourth-order valence-corrected chi connectivity index (χ4v) is 3.37. The maximum Gasteiger partial charge on any atom is 0.330 e. The predicted octanol–water partition coefficient (Wildman–Crippen LogP) is 3.39. The van der Waals surface area contributed by atoms with Crippen LogP contribution in [0, 0.1) is 0 Å². The zero-order valence-corrected chi connectivity index (χ0v) is 16.9. The number of aryl methyl sites for hydroxylation is 1. The molecule has 2 aliphatic rings. The van der Waals surface area contributed by atoms with Gasteiger partial charge in [0, 0.05) is 43.7 Å². The molecule has 32 heavy (non-hydrogen) atoms. The van der Waals surface area contributed by atoms with Crippen molar-refractivity contribution in [1.29, 1.82) is 0 Å². The van der Waals surface area contributed by atoms with Gasteiger partial charge in [-0.05, 0) is 42.1 Å². The number of Topliss-reactive ketones (excluding diaryl/α,β-unsaturated/α-hetero) is 1. The zero-order chi connectivity index (χ0) is 30.2.